The van der Waals surface area contributed by atoms with Crippen molar-refractivity contribution in [2.45, 2.75) is 62.4 Å². The number of sulfonamides is 1. The van der Waals surface area contributed by atoms with Gasteiger partial charge in [-0.2, -0.15) is 0 Å². The molecule has 1 aliphatic carbocycles. The van der Waals surface area contributed by atoms with E-state index in [-0.39, 0.29) is 29.1 Å². The van der Waals surface area contributed by atoms with Crippen molar-refractivity contribution in [3.63, 3.8) is 0 Å². The van der Waals surface area contributed by atoms with Gasteiger partial charge >= 0.3 is 0 Å². The Morgan fingerprint density at radius 3 is 2.12 bits per heavy atom. The summed E-state index contributed by atoms with van der Waals surface area (Å²) in [6.07, 6.45) is 4.81. The van der Waals surface area contributed by atoms with Crippen LogP contribution in [0.2, 0.25) is 0 Å². The molecule has 0 aliphatic heterocycles. The zero-order valence-electron chi connectivity index (χ0n) is 22.7. The molecule has 0 aromatic heterocycles. The Kier molecular flexibility index (Phi) is 9.93. The molecule has 1 N–H and O–H groups in total. The minimum atomic E-state index is -4.17. The number of rotatable bonds is 12. The molecule has 0 bridgehead atoms. The van der Waals surface area contributed by atoms with Gasteiger partial charge in [-0.25, -0.2) is 12.8 Å². The fourth-order valence-corrected chi connectivity index (χ4v) is 6.55. The number of hydrogen-bond acceptors (Lipinski definition) is 4. The number of halogens is 1. The van der Waals surface area contributed by atoms with Gasteiger partial charge in [-0.3, -0.25) is 13.9 Å². The van der Waals surface area contributed by atoms with E-state index in [2.05, 4.69) is 5.32 Å². The molecule has 2 amide bonds. The standard InChI is InChI=1S/C31H36FN3O4S/c1-2-29(31(37)33-26-13-9-10-14-26)34(22-21-24-11-5-3-6-12-24)30(36)23-35(27-19-17-25(32)18-20-27)40(38,39)28-15-7-4-8-16-28/h3-8,11-12,15-20,26,29H,2,9-10,13-14,21-23H2,1H3,(H,33,37)/t29-/m1/s1. The van der Waals surface area contributed by atoms with Gasteiger partial charge in [0.1, 0.15) is 18.4 Å². The highest BCUT2D eigenvalue weighted by Crippen LogP contribution is 2.25. The second kappa shape index (κ2) is 13.6. The van der Waals surface area contributed by atoms with E-state index in [4.69, 9.17) is 0 Å². The lowest BCUT2D eigenvalue weighted by molar-refractivity contribution is -0.139. The van der Waals surface area contributed by atoms with E-state index >= 15 is 0 Å². The highest BCUT2D eigenvalue weighted by molar-refractivity contribution is 7.92. The van der Waals surface area contributed by atoms with Crippen molar-refractivity contribution in [2.24, 2.45) is 0 Å². The SMILES string of the molecule is CC[C@H](C(=O)NC1CCCC1)N(CCc1ccccc1)C(=O)CN(c1ccc(F)cc1)S(=O)(=O)c1ccccc1. The van der Waals surface area contributed by atoms with Crippen LogP contribution in [0.1, 0.15) is 44.6 Å². The minimum absolute atomic E-state index is 0.00831. The zero-order valence-corrected chi connectivity index (χ0v) is 23.5. The largest absolute Gasteiger partial charge is 0.352 e. The Balaban J connectivity index is 1.65. The molecule has 3 aromatic carbocycles. The Morgan fingerprint density at radius 1 is 0.925 bits per heavy atom. The summed E-state index contributed by atoms with van der Waals surface area (Å²) in [5.41, 5.74) is 1.16. The first-order valence-corrected chi connectivity index (χ1v) is 15.2. The van der Waals surface area contributed by atoms with E-state index in [1.54, 1.807) is 18.2 Å². The summed E-state index contributed by atoms with van der Waals surface area (Å²) in [4.78, 5) is 28.9. The van der Waals surface area contributed by atoms with Crippen molar-refractivity contribution >= 4 is 27.5 Å². The quantitative estimate of drug-likeness (QED) is 0.338. The van der Waals surface area contributed by atoms with E-state index in [9.17, 15) is 22.4 Å². The highest BCUT2D eigenvalue weighted by atomic mass is 32.2. The first kappa shape index (κ1) is 29.3. The van der Waals surface area contributed by atoms with Gasteiger partial charge in [-0.1, -0.05) is 68.3 Å². The second-order valence-corrected chi connectivity index (χ2v) is 11.9. The Hall–Kier alpha value is -3.72. The van der Waals surface area contributed by atoms with E-state index in [1.807, 2.05) is 37.3 Å². The van der Waals surface area contributed by atoms with E-state index in [1.165, 1.54) is 29.2 Å². The fraction of sp³-hybridized carbons (Fsp3) is 0.355. The van der Waals surface area contributed by atoms with Crippen LogP contribution in [0.3, 0.4) is 0 Å². The van der Waals surface area contributed by atoms with Gasteiger partial charge in [0, 0.05) is 12.6 Å². The van der Waals surface area contributed by atoms with E-state index in [0.717, 1.165) is 47.7 Å². The number of nitrogens with one attached hydrogen (secondary N) is 1. The number of anilines is 1. The van der Waals surface area contributed by atoms with Crippen molar-refractivity contribution < 1.29 is 22.4 Å². The predicted molar refractivity (Wildman–Crippen MR) is 154 cm³/mol. The van der Waals surface area contributed by atoms with Gasteiger partial charge in [0.15, 0.2) is 0 Å². The molecule has 9 heteroatoms. The Labute approximate surface area is 236 Å². The molecule has 1 atom stereocenters. The molecule has 40 heavy (non-hydrogen) atoms. The number of hydrogen-bond donors (Lipinski definition) is 1. The van der Waals surface area contributed by atoms with Crippen LogP contribution >= 0.6 is 0 Å². The van der Waals surface area contributed by atoms with E-state index < -0.39 is 34.3 Å². The van der Waals surface area contributed by atoms with Gasteiger partial charge in [-0.15, -0.1) is 0 Å². The number of nitrogens with zero attached hydrogens (tertiary/aromatic N) is 2. The third-order valence-electron chi connectivity index (χ3n) is 7.30. The van der Waals surface area contributed by atoms with Crippen LogP contribution in [-0.2, 0) is 26.0 Å². The van der Waals surface area contributed by atoms with Crippen LogP contribution in [0.4, 0.5) is 10.1 Å². The van der Waals surface area contributed by atoms with Crippen LogP contribution in [0.15, 0.2) is 89.8 Å². The van der Waals surface area contributed by atoms with Crippen LogP contribution in [0, 0.1) is 5.82 Å². The highest BCUT2D eigenvalue weighted by Gasteiger charge is 2.34. The molecule has 7 nitrogen and oxygen atoms in total. The Morgan fingerprint density at radius 2 is 1.52 bits per heavy atom. The normalized spacial score (nSPS) is 14.4. The van der Waals surface area contributed by atoms with Gasteiger partial charge < -0.3 is 10.2 Å². The molecule has 0 heterocycles. The molecule has 4 rings (SSSR count). The lowest BCUT2D eigenvalue weighted by Crippen LogP contribution is -2.54. The van der Waals surface area contributed by atoms with Crippen LogP contribution in [-0.4, -0.2) is 50.3 Å². The van der Waals surface area contributed by atoms with Crippen molar-refractivity contribution in [3.05, 3.63) is 96.3 Å². The number of carbonyl (C=O) groups is 2. The average Bonchev–Trinajstić information content (AvgIpc) is 3.48. The zero-order chi connectivity index (χ0) is 28.5. The maximum atomic E-state index is 14.0. The second-order valence-electron chi connectivity index (χ2n) is 10.0. The molecule has 0 radical (unpaired) electrons. The van der Waals surface area contributed by atoms with Gasteiger partial charge in [-0.05, 0) is 67.6 Å². The number of benzene rings is 3. The van der Waals surface area contributed by atoms with Gasteiger partial charge in [0.25, 0.3) is 10.0 Å². The molecule has 1 aliphatic rings. The third-order valence-corrected chi connectivity index (χ3v) is 9.08. The molecule has 212 valence electrons. The predicted octanol–water partition coefficient (Wildman–Crippen LogP) is 4.93. The van der Waals surface area contributed by atoms with Crippen LogP contribution in [0.5, 0.6) is 0 Å². The fourth-order valence-electron chi connectivity index (χ4n) is 5.12. The first-order chi connectivity index (χ1) is 19.3. The summed E-state index contributed by atoms with van der Waals surface area (Å²) in [6.45, 7) is 1.55. The maximum absolute atomic E-state index is 14.0. The number of amides is 2. The van der Waals surface area contributed by atoms with Crippen molar-refractivity contribution in [2.75, 3.05) is 17.4 Å². The van der Waals surface area contributed by atoms with Crippen molar-refractivity contribution in [3.8, 4) is 0 Å². The monoisotopic (exact) mass is 565 g/mol. The lowest BCUT2D eigenvalue weighted by Gasteiger charge is -2.33. The molecule has 0 unspecified atom stereocenters. The maximum Gasteiger partial charge on any atom is 0.264 e. The van der Waals surface area contributed by atoms with Gasteiger partial charge in [0.05, 0.1) is 10.6 Å². The molecule has 1 fully saturated rings. The molecule has 0 spiro atoms. The lowest BCUT2D eigenvalue weighted by atomic mass is 10.1. The molecule has 3 aromatic rings. The summed E-state index contributed by atoms with van der Waals surface area (Å²) in [6, 6.07) is 21.8. The Bertz CT molecular complexity index is 1360. The molecular formula is C31H36FN3O4S. The van der Waals surface area contributed by atoms with Crippen LogP contribution in [0.25, 0.3) is 0 Å². The van der Waals surface area contributed by atoms with Crippen molar-refractivity contribution in [1.82, 2.24) is 10.2 Å². The van der Waals surface area contributed by atoms with E-state index in [0.29, 0.717) is 12.8 Å². The summed E-state index contributed by atoms with van der Waals surface area (Å²) in [7, 11) is -4.17. The van der Waals surface area contributed by atoms with Gasteiger partial charge in [0.2, 0.25) is 11.8 Å². The number of carbonyl (C=O) groups excluding carboxylic acids is 2. The first-order valence-electron chi connectivity index (χ1n) is 13.8. The summed E-state index contributed by atoms with van der Waals surface area (Å²) in [5, 5.41) is 3.10. The minimum Gasteiger partial charge on any atom is -0.352 e. The summed E-state index contributed by atoms with van der Waals surface area (Å²) >= 11 is 0. The molecule has 0 saturated heterocycles. The summed E-state index contributed by atoms with van der Waals surface area (Å²) in [5.74, 6) is -1.26. The molecular weight excluding hydrogens is 529 g/mol. The topological polar surface area (TPSA) is 86.8 Å². The molecule has 1 saturated carbocycles. The van der Waals surface area contributed by atoms with Crippen molar-refractivity contribution in [1.29, 1.82) is 0 Å². The average molecular weight is 566 g/mol. The summed E-state index contributed by atoms with van der Waals surface area (Å²) < 4.78 is 42.2. The van der Waals surface area contributed by atoms with Crippen LogP contribution < -0.4 is 9.62 Å². The third kappa shape index (κ3) is 7.27. The smallest absolute Gasteiger partial charge is 0.264 e.